The average molecular weight is 296 g/mol. The van der Waals surface area contributed by atoms with Crippen LogP contribution in [0.4, 0.5) is 0 Å². The first-order valence-electron chi connectivity index (χ1n) is 7.42. The second kappa shape index (κ2) is 7.59. The molecule has 118 valence electrons. The summed E-state index contributed by atoms with van der Waals surface area (Å²) in [5.41, 5.74) is 0. The van der Waals surface area contributed by atoms with Crippen LogP contribution in [-0.2, 0) is 11.2 Å². The van der Waals surface area contributed by atoms with Gasteiger partial charge in [0.1, 0.15) is 5.76 Å². The summed E-state index contributed by atoms with van der Waals surface area (Å²) in [5, 5.41) is 10.1. The molecule has 0 aliphatic carbocycles. The zero-order valence-corrected chi connectivity index (χ0v) is 12.7. The van der Waals surface area contributed by atoms with Gasteiger partial charge in [-0.15, -0.1) is 0 Å². The van der Waals surface area contributed by atoms with Crippen molar-refractivity contribution in [2.45, 2.75) is 19.4 Å². The van der Waals surface area contributed by atoms with Gasteiger partial charge in [-0.1, -0.05) is 6.92 Å². The molecule has 0 saturated carbocycles. The molecule has 6 heteroatoms. The van der Waals surface area contributed by atoms with Crippen molar-refractivity contribution in [2.24, 2.45) is 0 Å². The minimum Gasteiger partial charge on any atom is -0.456 e. The van der Waals surface area contributed by atoms with Gasteiger partial charge in [0, 0.05) is 39.6 Å². The Morgan fingerprint density at radius 1 is 1.43 bits per heavy atom. The van der Waals surface area contributed by atoms with Gasteiger partial charge >= 0.3 is 0 Å². The molecule has 0 radical (unpaired) electrons. The van der Waals surface area contributed by atoms with E-state index in [1.165, 1.54) is 4.90 Å². The topological polar surface area (TPSA) is 66.2 Å². The fourth-order valence-corrected chi connectivity index (χ4v) is 2.41. The molecule has 1 N–H and O–H groups in total. The van der Waals surface area contributed by atoms with E-state index in [1.54, 1.807) is 13.1 Å². The van der Waals surface area contributed by atoms with E-state index in [0.717, 1.165) is 25.3 Å². The number of aliphatic hydroxyl groups is 1. The molecule has 1 amide bonds. The molecule has 1 fully saturated rings. The zero-order chi connectivity index (χ0) is 15.2. The lowest BCUT2D eigenvalue weighted by Gasteiger charge is -2.29. The first-order chi connectivity index (χ1) is 10.1. The molecule has 6 nitrogen and oxygen atoms in total. The number of β-amino-alcohol motifs (C(OH)–C–C–N with tert-alkyl or cyclic N) is 1. The molecule has 1 aliphatic heterocycles. The van der Waals surface area contributed by atoms with E-state index < -0.39 is 6.10 Å². The largest absolute Gasteiger partial charge is 0.456 e. The predicted molar refractivity (Wildman–Crippen MR) is 78.3 cm³/mol. The second-order valence-corrected chi connectivity index (χ2v) is 5.37. The van der Waals surface area contributed by atoms with Crippen molar-refractivity contribution < 1.29 is 19.1 Å². The maximum atomic E-state index is 12.2. The standard InChI is InChI=1S/C15H24N2O4/c1-3-13-4-5-14(21-13)15(19)16(2)10-12(18)11-17-6-8-20-9-7-17/h4-5,12,18H,3,6-11H2,1-2H3. The van der Waals surface area contributed by atoms with Crippen molar-refractivity contribution in [3.05, 3.63) is 23.7 Å². The van der Waals surface area contributed by atoms with Crippen molar-refractivity contribution in [1.82, 2.24) is 9.80 Å². The fraction of sp³-hybridized carbons (Fsp3) is 0.667. The van der Waals surface area contributed by atoms with E-state index in [4.69, 9.17) is 9.15 Å². The Labute approximate surface area is 125 Å². The van der Waals surface area contributed by atoms with Gasteiger partial charge in [-0.25, -0.2) is 0 Å². The van der Waals surface area contributed by atoms with Gasteiger partial charge in [-0.2, -0.15) is 0 Å². The van der Waals surface area contributed by atoms with Gasteiger partial charge in [0.15, 0.2) is 5.76 Å². The van der Waals surface area contributed by atoms with Crippen molar-refractivity contribution >= 4 is 5.91 Å². The molecule has 0 aromatic carbocycles. The van der Waals surface area contributed by atoms with Gasteiger partial charge in [0.25, 0.3) is 5.91 Å². The minimum absolute atomic E-state index is 0.198. The number of carbonyl (C=O) groups excluding carboxylic acids is 1. The summed E-state index contributed by atoms with van der Waals surface area (Å²) < 4.78 is 10.7. The van der Waals surface area contributed by atoms with E-state index in [-0.39, 0.29) is 5.91 Å². The number of furan rings is 1. The van der Waals surface area contributed by atoms with Gasteiger partial charge < -0.3 is 19.2 Å². The number of aliphatic hydroxyl groups excluding tert-OH is 1. The lowest BCUT2D eigenvalue weighted by Crippen LogP contribution is -2.45. The highest BCUT2D eigenvalue weighted by Crippen LogP contribution is 2.11. The number of likely N-dealkylation sites (N-methyl/N-ethyl adjacent to an activating group) is 1. The Morgan fingerprint density at radius 2 is 2.14 bits per heavy atom. The molecule has 1 unspecified atom stereocenters. The molecular formula is C15H24N2O4. The molecule has 2 rings (SSSR count). The maximum absolute atomic E-state index is 12.2. The van der Waals surface area contributed by atoms with Crippen LogP contribution < -0.4 is 0 Å². The summed E-state index contributed by atoms with van der Waals surface area (Å²) in [7, 11) is 1.68. The van der Waals surface area contributed by atoms with Crippen LogP contribution in [0.1, 0.15) is 23.2 Å². The normalized spacial score (nSPS) is 17.7. The Bertz CT molecular complexity index is 454. The predicted octanol–water partition coefficient (Wildman–Crippen LogP) is 0.607. The Morgan fingerprint density at radius 3 is 2.76 bits per heavy atom. The number of ether oxygens (including phenoxy) is 1. The number of nitrogens with zero attached hydrogens (tertiary/aromatic N) is 2. The third-order valence-corrected chi connectivity index (χ3v) is 3.62. The number of amides is 1. The number of hydrogen-bond donors (Lipinski definition) is 1. The summed E-state index contributed by atoms with van der Waals surface area (Å²) in [4.78, 5) is 15.8. The monoisotopic (exact) mass is 296 g/mol. The number of aryl methyl sites for hydroxylation is 1. The summed E-state index contributed by atoms with van der Waals surface area (Å²) in [6.07, 6.45) is 0.189. The van der Waals surface area contributed by atoms with Crippen LogP contribution in [-0.4, -0.2) is 73.4 Å². The smallest absolute Gasteiger partial charge is 0.289 e. The summed E-state index contributed by atoms with van der Waals surface area (Å²) in [6.45, 7) is 5.88. The highest BCUT2D eigenvalue weighted by Gasteiger charge is 2.20. The molecule has 1 saturated heterocycles. The number of hydrogen-bond acceptors (Lipinski definition) is 5. The van der Waals surface area contributed by atoms with Crippen molar-refractivity contribution in [3.8, 4) is 0 Å². The minimum atomic E-state index is -0.572. The van der Waals surface area contributed by atoms with Gasteiger partial charge in [0.05, 0.1) is 19.3 Å². The lowest BCUT2D eigenvalue weighted by atomic mass is 10.2. The van der Waals surface area contributed by atoms with Crippen LogP contribution in [0.2, 0.25) is 0 Å². The molecule has 1 aromatic heterocycles. The first kappa shape index (κ1) is 16.0. The van der Waals surface area contributed by atoms with Crippen LogP contribution in [0.25, 0.3) is 0 Å². The molecule has 1 aromatic rings. The van der Waals surface area contributed by atoms with E-state index in [1.807, 2.05) is 13.0 Å². The summed E-state index contributed by atoms with van der Waals surface area (Å²) >= 11 is 0. The Kier molecular flexibility index (Phi) is 5.78. The van der Waals surface area contributed by atoms with E-state index in [2.05, 4.69) is 4.90 Å². The number of rotatable bonds is 6. The first-order valence-corrected chi connectivity index (χ1v) is 7.42. The SMILES string of the molecule is CCc1ccc(C(=O)N(C)CC(O)CN2CCOCC2)o1. The molecule has 0 bridgehead atoms. The fourth-order valence-electron chi connectivity index (χ4n) is 2.41. The average Bonchev–Trinajstić information content (AvgIpc) is 2.96. The molecule has 21 heavy (non-hydrogen) atoms. The molecular weight excluding hydrogens is 272 g/mol. The van der Waals surface area contributed by atoms with Crippen molar-refractivity contribution in [3.63, 3.8) is 0 Å². The number of carbonyl (C=O) groups is 1. The summed E-state index contributed by atoms with van der Waals surface area (Å²) in [6, 6.07) is 3.50. The van der Waals surface area contributed by atoms with E-state index in [9.17, 15) is 9.90 Å². The molecule has 0 spiro atoms. The van der Waals surface area contributed by atoms with Crippen LogP contribution in [0.15, 0.2) is 16.5 Å². The third-order valence-electron chi connectivity index (χ3n) is 3.62. The van der Waals surface area contributed by atoms with Gasteiger partial charge in [-0.3, -0.25) is 9.69 Å². The van der Waals surface area contributed by atoms with E-state index in [0.29, 0.717) is 32.1 Å². The van der Waals surface area contributed by atoms with Crippen LogP contribution in [0.5, 0.6) is 0 Å². The number of morpholine rings is 1. The molecule has 1 atom stereocenters. The van der Waals surface area contributed by atoms with Crippen LogP contribution >= 0.6 is 0 Å². The quantitative estimate of drug-likeness (QED) is 0.833. The third kappa shape index (κ3) is 4.56. The van der Waals surface area contributed by atoms with Crippen LogP contribution in [0, 0.1) is 0 Å². The lowest BCUT2D eigenvalue weighted by molar-refractivity contribution is 0.00852. The van der Waals surface area contributed by atoms with Crippen molar-refractivity contribution in [2.75, 3.05) is 46.4 Å². The van der Waals surface area contributed by atoms with Crippen molar-refractivity contribution in [1.29, 1.82) is 0 Å². The maximum Gasteiger partial charge on any atom is 0.289 e. The second-order valence-electron chi connectivity index (χ2n) is 5.37. The van der Waals surface area contributed by atoms with Gasteiger partial charge in [0.2, 0.25) is 0 Å². The van der Waals surface area contributed by atoms with E-state index >= 15 is 0 Å². The Hall–Kier alpha value is -1.37. The molecule has 2 heterocycles. The highest BCUT2D eigenvalue weighted by atomic mass is 16.5. The highest BCUT2D eigenvalue weighted by molar-refractivity contribution is 5.91. The Balaban J connectivity index is 1.81. The molecule has 1 aliphatic rings. The summed E-state index contributed by atoms with van der Waals surface area (Å²) in [5.74, 6) is 0.921. The van der Waals surface area contributed by atoms with Gasteiger partial charge in [-0.05, 0) is 12.1 Å². The van der Waals surface area contributed by atoms with Crippen LogP contribution in [0.3, 0.4) is 0 Å². The zero-order valence-electron chi connectivity index (χ0n) is 12.7.